The van der Waals surface area contributed by atoms with Gasteiger partial charge in [0, 0.05) is 30.2 Å². The number of aromatic nitrogens is 1. The molecule has 0 spiro atoms. The number of anilines is 1. The highest BCUT2D eigenvalue weighted by molar-refractivity contribution is 6.05. The van der Waals surface area contributed by atoms with Gasteiger partial charge in [0.1, 0.15) is 0 Å². The first-order valence-electron chi connectivity index (χ1n) is 9.44. The number of amides is 2. The van der Waals surface area contributed by atoms with Gasteiger partial charge in [0.25, 0.3) is 11.8 Å². The normalized spacial score (nSPS) is 10.2. The van der Waals surface area contributed by atoms with Crippen molar-refractivity contribution in [1.29, 1.82) is 0 Å². The van der Waals surface area contributed by atoms with Crippen LogP contribution in [-0.2, 0) is 6.54 Å². The van der Waals surface area contributed by atoms with E-state index in [0.29, 0.717) is 34.1 Å². The molecular formula is C23H23N3O5. The summed E-state index contributed by atoms with van der Waals surface area (Å²) in [6, 6.07) is 13.8. The van der Waals surface area contributed by atoms with Gasteiger partial charge in [-0.05, 0) is 35.9 Å². The molecule has 0 unspecified atom stereocenters. The van der Waals surface area contributed by atoms with Gasteiger partial charge in [-0.1, -0.05) is 18.2 Å². The minimum atomic E-state index is -0.356. The Morgan fingerprint density at radius 1 is 0.871 bits per heavy atom. The first-order chi connectivity index (χ1) is 15.1. The molecule has 0 atom stereocenters. The van der Waals surface area contributed by atoms with Crippen LogP contribution in [0.5, 0.6) is 17.2 Å². The molecule has 2 aromatic carbocycles. The number of carbonyl (C=O) groups is 2. The zero-order chi connectivity index (χ0) is 22.2. The molecule has 1 aromatic heterocycles. The van der Waals surface area contributed by atoms with Gasteiger partial charge in [-0.2, -0.15) is 0 Å². The fourth-order valence-electron chi connectivity index (χ4n) is 2.98. The number of hydrogen-bond donors (Lipinski definition) is 2. The van der Waals surface area contributed by atoms with Gasteiger partial charge in [-0.3, -0.25) is 14.6 Å². The number of benzene rings is 2. The fraction of sp³-hybridized carbons (Fsp3) is 0.174. The Morgan fingerprint density at radius 2 is 1.58 bits per heavy atom. The number of para-hydroxylation sites is 1. The van der Waals surface area contributed by atoms with Crippen molar-refractivity contribution in [3.63, 3.8) is 0 Å². The quantitative estimate of drug-likeness (QED) is 0.579. The minimum Gasteiger partial charge on any atom is -0.493 e. The zero-order valence-corrected chi connectivity index (χ0v) is 17.5. The molecule has 1 heterocycles. The molecule has 8 nitrogen and oxygen atoms in total. The van der Waals surface area contributed by atoms with E-state index in [4.69, 9.17) is 14.2 Å². The van der Waals surface area contributed by atoms with Gasteiger partial charge in [0.15, 0.2) is 11.5 Å². The maximum absolute atomic E-state index is 12.9. The Bertz CT molecular complexity index is 1040. The molecule has 0 saturated carbocycles. The summed E-state index contributed by atoms with van der Waals surface area (Å²) >= 11 is 0. The van der Waals surface area contributed by atoms with Gasteiger partial charge < -0.3 is 24.8 Å². The van der Waals surface area contributed by atoms with Crippen LogP contribution in [0.2, 0.25) is 0 Å². The third kappa shape index (κ3) is 5.11. The van der Waals surface area contributed by atoms with Crippen molar-refractivity contribution < 1.29 is 23.8 Å². The van der Waals surface area contributed by atoms with Crippen molar-refractivity contribution in [3.8, 4) is 17.2 Å². The first kappa shape index (κ1) is 21.6. The van der Waals surface area contributed by atoms with Crippen LogP contribution in [0.1, 0.15) is 26.3 Å². The van der Waals surface area contributed by atoms with E-state index in [1.165, 1.54) is 27.5 Å². The molecule has 0 fully saturated rings. The zero-order valence-electron chi connectivity index (χ0n) is 17.5. The molecule has 0 saturated heterocycles. The van der Waals surface area contributed by atoms with E-state index in [-0.39, 0.29) is 18.4 Å². The molecule has 160 valence electrons. The van der Waals surface area contributed by atoms with Crippen LogP contribution >= 0.6 is 0 Å². The molecule has 3 rings (SSSR count). The van der Waals surface area contributed by atoms with Gasteiger partial charge in [-0.15, -0.1) is 0 Å². The summed E-state index contributed by atoms with van der Waals surface area (Å²) in [5, 5.41) is 5.71. The Hall–Kier alpha value is -4.07. The topological polar surface area (TPSA) is 98.8 Å². The predicted octanol–water partition coefficient (Wildman–Crippen LogP) is 3.29. The largest absolute Gasteiger partial charge is 0.493 e. The molecule has 0 aliphatic heterocycles. The van der Waals surface area contributed by atoms with Crippen LogP contribution in [0.3, 0.4) is 0 Å². The number of pyridine rings is 1. The maximum atomic E-state index is 12.9. The second-order valence-electron chi connectivity index (χ2n) is 6.45. The molecule has 3 aromatic rings. The van der Waals surface area contributed by atoms with E-state index in [9.17, 15) is 9.59 Å². The number of nitrogens with one attached hydrogen (secondary N) is 2. The molecule has 2 N–H and O–H groups in total. The number of rotatable bonds is 8. The van der Waals surface area contributed by atoms with Crippen LogP contribution in [0.4, 0.5) is 5.69 Å². The van der Waals surface area contributed by atoms with Gasteiger partial charge in [-0.25, -0.2) is 0 Å². The van der Waals surface area contributed by atoms with Crippen molar-refractivity contribution in [2.75, 3.05) is 26.6 Å². The molecule has 31 heavy (non-hydrogen) atoms. The highest BCUT2D eigenvalue weighted by atomic mass is 16.5. The summed E-state index contributed by atoms with van der Waals surface area (Å²) in [6.45, 7) is 0.236. The van der Waals surface area contributed by atoms with Crippen molar-refractivity contribution in [1.82, 2.24) is 10.3 Å². The van der Waals surface area contributed by atoms with Crippen LogP contribution in [-0.4, -0.2) is 38.1 Å². The second-order valence-corrected chi connectivity index (χ2v) is 6.45. The lowest BCUT2D eigenvalue weighted by molar-refractivity contribution is 0.0950. The standard InChI is InChI=1S/C23H23N3O5/c1-29-19-11-17(12-20(30-2)21(19)31-3)23(28)26-18-9-5-4-7-15(18)14-25-22(27)16-8-6-10-24-13-16/h4-13H,14H2,1-3H3,(H,25,27)(H,26,28). The summed E-state index contributed by atoms with van der Waals surface area (Å²) in [4.78, 5) is 29.1. The highest BCUT2D eigenvalue weighted by Gasteiger charge is 2.18. The number of methoxy groups -OCH3 is 3. The smallest absolute Gasteiger partial charge is 0.255 e. The van der Waals surface area contributed by atoms with E-state index in [1.807, 2.05) is 12.1 Å². The third-order valence-corrected chi connectivity index (χ3v) is 4.56. The molecule has 0 aliphatic carbocycles. The summed E-state index contributed by atoms with van der Waals surface area (Å²) < 4.78 is 15.9. The van der Waals surface area contributed by atoms with E-state index in [2.05, 4.69) is 15.6 Å². The highest BCUT2D eigenvalue weighted by Crippen LogP contribution is 2.38. The fourth-order valence-corrected chi connectivity index (χ4v) is 2.98. The average molecular weight is 421 g/mol. The number of ether oxygens (including phenoxy) is 3. The third-order valence-electron chi connectivity index (χ3n) is 4.56. The van der Waals surface area contributed by atoms with Crippen molar-refractivity contribution in [2.45, 2.75) is 6.54 Å². The molecule has 8 heteroatoms. The summed E-state index contributed by atoms with van der Waals surface area (Å²) in [7, 11) is 4.47. The van der Waals surface area contributed by atoms with Gasteiger partial charge in [0.05, 0.1) is 26.9 Å². The van der Waals surface area contributed by atoms with Gasteiger partial charge >= 0.3 is 0 Å². The lowest BCUT2D eigenvalue weighted by Gasteiger charge is -2.15. The molecule has 0 radical (unpaired) electrons. The number of nitrogens with zero attached hydrogens (tertiary/aromatic N) is 1. The Labute approximate surface area is 180 Å². The maximum Gasteiger partial charge on any atom is 0.255 e. The van der Waals surface area contributed by atoms with Crippen LogP contribution < -0.4 is 24.8 Å². The van der Waals surface area contributed by atoms with Gasteiger partial charge in [0.2, 0.25) is 5.75 Å². The first-order valence-corrected chi connectivity index (χ1v) is 9.44. The summed E-state index contributed by atoms with van der Waals surface area (Å²) in [5.74, 6) is 0.553. The van der Waals surface area contributed by atoms with Crippen LogP contribution in [0, 0.1) is 0 Å². The van der Waals surface area contributed by atoms with Crippen molar-refractivity contribution >= 4 is 17.5 Å². The Morgan fingerprint density at radius 3 is 2.19 bits per heavy atom. The second kappa shape index (κ2) is 10.1. The number of hydrogen-bond acceptors (Lipinski definition) is 6. The summed E-state index contributed by atoms with van der Waals surface area (Å²) in [5.41, 5.74) is 2.12. The molecule has 2 amide bonds. The van der Waals surface area contributed by atoms with E-state index in [0.717, 1.165) is 5.56 Å². The summed E-state index contributed by atoms with van der Waals surface area (Å²) in [6.07, 6.45) is 3.10. The lowest BCUT2D eigenvalue weighted by atomic mass is 10.1. The Kier molecular flexibility index (Phi) is 7.05. The van der Waals surface area contributed by atoms with E-state index in [1.54, 1.807) is 42.6 Å². The molecule has 0 aliphatic rings. The van der Waals surface area contributed by atoms with E-state index < -0.39 is 0 Å². The minimum absolute atomic E-state index is 0.236. The van der Waals surface area contributed by atoms with E-state index >= 15 is 0 Å². The van der Waals surface area contributed by atoms with Crippen molar-refractivity contribution in [2.24, 2.45) is 0 Å². The van der Waals surface area contributed by atoms with Crippen molar-refractivity contribution in [3.05, 3.63) is 77.6 Å². The Balaban J connectivity index is 1.78. The molecule has 0 bridgehead atoms. The van der Waals surface area contributed by atoms with Crippen LogP contribution in [0.25, 0.3) is 0 Å². The average Bonchev–Trinajstić information content (AvgIpc) is 2.82. The molecular weight excluding hydrogens is 398 g/mol. The van der Waals surface area contributed by atoms with Crippen LogP contribution in [0.15, 0.2) is 60.9 Å². The monoisotopic (exact) mass is 421 g/mol. The lowest BCUT2D eigenvalue weighted by Crippen LogP contribution is -2.24. The number of carbonyl (C=O) groups excluding carboxylic acids is 2. The SMILES string of the molecule is COc1cc(C(=O)Nc2ccccc2CNC(=O)c2cccnc2)cc(OC)c1OC. The predicted molar refractivity (Wildman–Crippen MR) is 116 cm³/mol.